The van der Waals surface area contributed by atoms with Crippen LogP contribution in [0.5, 0.6) is 0 Å². The summed E-state index contributed by atoms with van der Waals surface area (Å²) < 4.78 is 0. The third-order valence-corrected chi connectivity index (χ3v) is 4.15. The Labute approximate surface area is 114 Å². The zero-order valence-electron chi connectivity index (χ0n) is 11.2. The Bertz CT molecular complexity index is 470. The summed E-state index contributed by atoms with van der Waals surface area (Å²) in [5, 5.41) is 10.5. The average molecular weight is 255 g/mol. The van der Waals surface area contributed by atoms with Gasteiger partial charge in [0.25, 0.3) is 0 Å². The van der Waals surface area contributed by atoms with Gasteiger partial charge in [-0.15, -0.1) is 0 Å². The molecule has 0 radical (unpaired) electrons. The van der Waals surface area contributed by atoms with Crippen LogP contribution in [0.1, 0.15) is 42.7 Å². The number of aromatic amines is 1. The van der Waals surface area contributed by atoms with E-state index in [-0.39, 0.29) is 0 Å². The molecule has 2 N–H and O–H groups in total. The molecule has 0 unspecified atom stereocenters. The smallest absolute Gasteiger partial charge is 0.0532 e. The van der Waals surface area contributed by atoms with Crippen LogP contribution in [-0.4, -0.2) is 16.2 Å². The lowest BCUT2D eigenvalue weighted by atomic mass is 9.82. The highest BCUT2D eigenvalue weighted by Gasteiger charge is 2.21. The molecule has 1 aliphatic rings. The summed E-state index contributed by atoms with van der Waals surface area (Å²) in [6.45, 7) is 0.928. The lowest BCUT2D eigenvalue weighted by molar-refractivity contribution is 0.341. The van der Waals surface area contributed by atoms with Gasteiger partial charge in [-0.3, -0.25) is 5.10 Å². The molecule has 0 spiro atoms. The van der Waals surface area contributed by atoms with Crippen molar-refractivity contribution in [1.29, 1.82) is 0 Å². The van der Waals surface area contributed by atoms with Crippen molar-refractivity contribution in [3.05, 3.63) is 53.9 Å². The van der Waals surface area contributed by atoms with Gasteiger partial charge in [0, 0.05) is 24.3 Å². The van der Waals surface area contributed by atoms with Gasteiger partial charge in [-0.2, -0.15) is 5.10 Å². The van der Waals surface area contributed by atoms with E-state index >= 15 is 0 Å². The first-order valence-electron chi connectivity index (χ1n) is 7.18. The van der Waals surface area contributed by atoms with Gasteiger partial charge < -0.3 is 5.32 Å². The van der Waals surface area contributed by atoms with Crippen molar-refractivity contribution in [2.75, 3.05) is 0 Å². The Hall–Kier alpha value is -1.61. The molecule has 2 aromatic rings. The summed E-state index contributed by atoms with van der Waals surface area (Å²) >= 11 is 0. The predicted octanol–water partition coefficient (Wildman–Crippen LogP) is 3.23. The number of hydrogen-bond donors (Lipinski definition) is 2. The van der Waals surface area contributed by atoms with Crippen molar-refractivity contribution in [2.45, 2.75) is 44.2 Å². The maximum Gasteiger partial charge on any atom is 0.0532 e. The Morgan fingerprint density at radius 2 is 1.89 bits per heavy atom. The van der Waals surface area contributed by atoms with E-state index in [2.05, 4.69) is 45.8 Å². The second-order valence-electron chi connectivity index (χ2n) is 5.45. The highest BCUT2D eigenvalue weighted by Crippen LogP contribution is 2.32. The minimum atomic E-state index is 0.662. The van der Waals surface area contributed by atoms with Gasteiger partial charge >= 0.3 is 0 Å². The van der Waals surface area contributed by atoms with Crippen LogP contribution >= 0.6 is 0 Å². The number of nitrogens with zero attached hydrogens (tertiary/aromatic N) is 1. The summed E-state index contributed by atoms with van der Waals surface area (Å²) in [5.74, 6) is 0.758. The Kier molecular flexibility index (Phi) is 3.94. The molecule has 3 heteroatoms. The van der Waals surface area contributed by atoms with Crippen molar-refractivity contribution in [1.82, 2.24) is 15.5 Å². The molecule has 1 aromatic heterocycles. The molecule has 0 atom stereocenters. The standard InChI is InChI=1S/C16H21N3/c1-2-4-14(5-3-1)15-6-8-16(9-7-15)17-10-13-11-18-19-12-13/h1-5,11-12,15-17H,6-10H2,(H,18,19). The zero-order chi connectivity index (χ0) is 12.9. The van der Waals surface area contributed by atoms with Gasteiger partial charge in [-0.25, -0.2) is 0 Å². The molecule has 100 valence electrons. The van der Waals surface area contributed by atoms with Crippen LogP contribution < -0.4 is 5.32 Å². The quantitative estimate of drug-likeness (QED) is 0.880. The molecule has 1 aliphatic carbocycles. The topological polar surface area (TPSA) is 40.7 Å². The third kappa shape index (κ3) is 3.24. The Balaban J connectivity index is 1.47. The fourth-order valence-corrected chi connectivity index (χ4v) is 2.99. The molecule has 0 aliphatic heterocycles. The number of aromatic nitrogens is 2. The first-order valence-corrected chi connectivity index (χ1v) is 7.18. The highest BCUT2D eigenvalue weighted by atomic mass is 15.1. The molecule has 0 bridgehead atoms. The van der Waals surface area contributed by atoms with Crippen LogP contribution in [0.3, 0.4) is 0 Å². The third-order valence-electron chi connectivity index (χ3n) is 4.15. The van der Waals surface area contributed by atoms with E-state index in [1.54, 1.807) is 0 Å². The highest BCUT2D eigenvalue weighted by molar-refractivity contribution is 5.20. The van der Waals surface area contributed by atoms with E-state index in [0.29, 0.717) is 6.04 Å². The summed E-state index contributed by atoms with van der Waals surface area (Å²) in [4.78, 5) is 0. The Morgan fingerprint density at radius 3 is 2.58 bits per heavy atom. The molecule has 19 heavy (non-hydrogen) atoms. The Morgan fingerprint density at radius 1 is 1.11 bits per heavy atom. The molecule has 3 nitrogen and oxygen atoms in total. The van der Waals surface area contributed by atoms with Crippen LogP contribution in [-0.2, 0) is 6.54 Å². The van der Waals surface area contributed by atoms with Gasteiger partial charge in [-0.1, -0.05) is 30.3 Å². The molecule has 0 amide bonds. The van der Waals surface area contributed by atoms with Crippen molar-refractivity contribution < 1.29 is 0 Å². The van der Waals surface area contributed by atoms with Gasteiger partial charge in [0.05, 0.1) is 6.20 Å². The molecule has 1 saturated carbocycles. The van der Waals surface area contributed by atoms with Crippen LogP contribution in [0.2, 0.25) is 0 Å². The monoisotopic (exact) mass is 255 g/mol. The van der Waals surface area contributed by atoms with Gasteiger partial charge in [0.15, 0.2) is 0 Å². The van der Waals surface area contributed by atoms with E-state index in [1.165, 1.54) is 36.8 Å². The minimum absolute atomic E-state index is 0.662. The van der Waals surface area contributed by atoms with Crippen LogP contribution in [0.4, 0.5) is 0 Å². The maximum absolute atomic E-state index is 3.97. The molecular formula is C16H21N3. The normalized spacial score (nSPS) is 23.4. The van der Waals surface area contributed by atoms with E-state index in [0.717, 1.165) is 12.5 Å². The average Bonchev–Trinajstić information content (AvgIpc) is 3.00. The largest absolute Gasteiger partial charge is 0.310 e. The zero-order valence-corrected chi connectivity index (χ0v) is 11.2. The SMILES string of the molecule is c1ccc(C2CCC(NCc3cn[nH]c3)CC2)cc1. The number of hydrogen-bond acceptors (Lipinski definition) is 2. The number of nitrogens with one attached hydrogen (secondary N) is 2. The summed E-state index contributed by atoms with van der Waals surface area (Å²) in [6.07, 6.45) is 9.00. The van der Waals surface area contributed by atoms with E-state index in [4.69, 9.17) is 0 Å². The lowest BCUT2D eigenvalue weighted by Crippen LogP contribution is -2.32. The summed E-state index contributed by atoms with van der Waals surface area (Å²) in [5.41, 5.74) is 2.75. The summed E-state index contributed by atoms with van der Waals surface area (Å²) in [7, 11) is 0. The fourth-order valence-electron chi connectivity index (χ4n) is 2.99. The summed E-state index contributed by atoms with van der Waals surface area (Å²) in [6, 6.07) is 11.6. The minimum Gasteiger partial charge on any atom is -0.310 e. The number of benzene rings is 1. The number of rotatable bonds is 4. The maximum atomic E-state index is 3.97. The van der Waals surface area contributed by atoms with Gasteiger partial charge in [0.2, 0.25) is 0 Å². The van der Waals surface area contributed by atoms with Crippen LogP contribution in [0.15, 0.2) is 42.7 Å². The van der Waals surface area contributed by atoms with Crippen molar-refractivity contribution in [3.63, 3.8) is 0 Å². The van der Waals surface area contributed by atoms with Gasteiger partial charge in [0.1, 0.15) is 0 Å². The second kappa shape index (κ2) is 6.02. The first kappa shape index (κ1) is 12.4. The van der Waals surface area contributed by atoms with Crippen molar-refractivity contribution in [3.8, 4) is 0 Å². The van der Waals surface area contributed by atoms with Crippen molar-refractivity contribution in [2.24, 2.45) is 0 Å². The molecule has 0 saturated heterocycles. The van der Waals surface area contributed by atoms with Crippen LogP contribution in [0, 0.1) is 0 Å². The first-order chi connectivity index (χ1) is 9.42. The van der Waals surface area contributed by atoms with Crippen LogP contribution in [0.25, 0.3) is 0 Å². The van der Waals surface area contributed by atoms with Crippen molar-refractivity contribution >= 4 is 0 Å². The van der Waals surface area contributed by atoms with E-state index in [1.807, 2.05) is 12.4 Å². The lowest BCUT2D eigenvalue weighted by Gasteiger charge is -2.29. The second-order valence-corrected chi connectivity index (χ2v) is 5.45. The molecule has 1 aromatic carbocycles. The molecule has 3 rings (SSSR count). The van der Waals surface area contributed by atoms with Gasteiger partial charge in [-0.05, 0) is 37.2 Å². The molecular weight excluding hydrogens is 234 g/mol. The molecule has 1 fully saturated rings. The van der Waals surface area contributed by atoms with E-state index in [9.17, 15) is 0 Å². The van der Waals surface area contributed by atoms with E-state index < -0.39 is 0 Å². The fraction of sp³-hybridized carbons (Fsp3) is 0.438. The predicted molar refractivity (Wildman–Crippen MR) is 76.9 cm³/mol. The number of H-pyrrole nitrogens is 1. The molecule has 1 heterocycles.